The van der Waals surface area contributed by atoms with Gasteiger partial charge in [0.1, 0.15) is 5.76 Å². The molecule has 1 heterocycles. The molecular weight excluding hydrogens is 236 g/mol. The molecule has 1 aromatic rings. The number of rotatable bonds is 3. The molecule has 3 heteroatoms. The van der Waals surface area contributed by atoms with Gasteiger partial charge < -0.3 is 9.73 Å². The summed E-state index contributed by atoms with van der Waals surface area (Å²) in [5, 5.41) is 3.61. The number of oxazole rings is 1. The largest absolute Gasteiger partial charge is 0.445 e. The van der Waals surface area contributed by atoms with Gasteiger partial charge in [0.05, 0.1) is 12.7 Å². The number of aromatic nitrogens is 1. The summed E-state index contributed by atoms with van der Waals surface area (Å²) in [5.74, 6) is 2.57. The van der Waals surface area contributed by atoms with Crippen LogP contribution < -0.4 is 5.32 Å². The Kier molecular flexibility index (Phi) is 4.67. The Morgan fingerprint density at radius 1 is 1.26 bits per heavy atom. The van der Waals surface area contributed by atoms with E-state index in [2.05, 4.69) is 31.1 Å². The van der Waals surface area contributed by atoms with E-state index in [9.17, 15) is 0 Å². The van der Waals surface area contributed by atoms with Crippen molar-refractivity contribution in [2.45, 2.75) is 72.4 Å². The molecule has 19 heavy (non-hydrogen) atoms. The first-order chi connectivity index (χ1) is 8.95. The highest BCUT2D eigenvalue weighted by Gasteiger charge is 2.27. The van der Waals surface area contributed by atoms with Crippen molar-refractivity contribution in [1.82, 2.24) is 10.3 Å². The second-order valence-corrected chi connectivity index (χ2v) is 7.01. The molecule has 1 saturated carbocycles. The van der Waals surface area contributed by atoms with Crippen molar-refractivity contribution in [1.29, 1.82) is 0 Å². The Bertz CT molecular complexity index is 392. The van der Waals surface area contributed by atoms with Crippen molar-refractivity contribution < 1.29 is 4.42 Å². The van der Waals surface area contributed by atoms with Gasteiger partial charge in [-0.05, 0) is 43.9 Å². The summed E-state index contributed by atoms with van der Waals surface area (Å²) in [6.07, 6.45) is 8.41. The summed E-state index contributed by atoms with van der Waals surface area (Å²) >= 11 is 0. The standard InChI is InChI=1S/C16H28N2O/c1-12-10-18-15(19-12)11-17-14-7-5-6-13(8-9-14)16(2,3)4/h10,13-14,17H,5-9,11H2,1-4H3. The smallest absolute Gasteiger partial charge is 0.208 e. The van der Waals surface area contributed by atoms with Crippen molar-refractivity contribution in [3.63, 3.8) is 0 Å². The summed E-state index contributed by atoms with van der Waals surface area (Å²) in [6.45, 7) is 9.83. The molecule has 108 valence electrons. The van der Waals surface area contributed by atoms with Gasteiger partial charge in [-0.1, -0.05) is 27.2 Å². The molecule has 0 amide bonds. The van der Waals surface area contributed by atoms with E-state index in [0.717, 1.165) is 24.1 Å². The molecule has 2 unspecified atom stereocenters. The van der Waals surface area contributed by atoms with Crippen LogP contribution in [0.2, 0.25) is 0 Å². The Balaban J connectivity index is 1.80. The summed E-state index contributed by atoms with van der Waals surface area (Å²) in [4.78, 5) is 4.25. The highest BCUT2D eigenvalue weighted by atomic mass is 16.4. The number of hydrogen-bond donors (Lipinski definition) is 1. The maximum atomic E-state index is 5.51. The predicted octanol–water partition coefficient (Wildman–Crippen LogP) is 4.07. The lowest BCUT2D eigenvalue weighted by Gasteiger charge is -2.29. The van der Waals surface area contributed by atoms with Crippen molar-refractivity contribution in [2.24, 2.45) is 11.3 Å². The molecule has 1 N–H and O–H groups in total. The minimum absolute atomic E-state index is 0.453. The Labute approximate surface area is 117 Å². The van der Waals surface area contributed by atoms with Crippen LogP contribution in [0.5, 0.6) is 0 Å². The maximum absolute atomic E-state index is 5.51. The summed E-state index contributed by atoms with van der Waals surface area (Å²) in [7, 11) is 0. The van der Waals surface area contributed by atoms with E-state index in [1.54, 1.807) is 6.20 Å². The first kappa shape index (κ1) is 14.6. The van der Waals surface area contributed by atoms with E-state index in [-0.39, 0.29) is 0 Å². The SMILES string of the molecule is Cc1cnc(CNC2CCCC(C(C)(C)C)CC2)o1. The molecule has 0 radical (unpaired) electrons. The van der Waals surface area contributed by atoms with Crippen molar-refractivity contribution >= 4 is 0 Å². The van der Waals surface area contributed by atoms with Gasteiger partial charge >= 0.3 is 0 Å². The van der Waals surface area contributed by atoms with Crippen LogP contribution in [0.4, 0.5) is 0 Å². The normalized spacial score (nSPS) is 25.3. The van der Waals surface area contributed by atoms with Gasteiger partial charge in [-0.15, -0.1) is 0 Å². The zero-order valence-electron chi connectivity index (χ0n) is 12.8. The minimum Gasteiger partial charge on any atom is -0.445 e. The number of nitrogens with one attached hydrogen (secondary N) is 1. The van der Waals surface area contributed by atoms with E-state index >= 15 is 0 Å². The maximum Gasteiger partial charge on any atom is 0.208 e. The molecule has 2 rings (SSSR count). The molecule has 0 aromatic carbocycles. The van der Waals surface area contributed by atoms with E-state index in [1.165, 1.54) is 32.1 Å². The second kappa shape index (κ2) is 6.08. The van der Waals surface area contributed by atoms with Gasteiger partial charge in [-0.2, -0.15) is 0 Å². The Hall–Kier alpha value is -0.830. The van der Waals surface area contributed by atoms with Gasteiger partial charge in [-0.3, -0.25) is 0 Å². The fourth-order valence-electron chi connectivity index (χ4n) is 3.09. The molecular formula is C16H28N2O. The van der Waals surface area contributed by atoms with E-state index in [4.69, 9.17) is 4.42 Å². The molecule has 1 aliphatic carbocycles. The van der Waals surface area contributed by atoms with Crippen LogP contribution in [0.25, 0.3) is 0 Å². The number of hydrogen-bond acceptors (Lipinski definition) is 3. The highest BCUT2D eigenvalue weighted by Crippen LogP contribution is 2.36. The molecule has 1 aliphatic rings. The first-order valence-electron chi connectivity index (χ1n) is 7.60. The zero-order valence-corrected chi connectivity index (χ0v) is 12.8. The fraction of sp³-hybridized carbons (Fsp3) is 0.812. The van der Waals surface area contributed by atoms with E-state index < -0.39 is 0 Å². The predicted molar refractivity (Wildman–Crippen MR) is 77.9 cm³/mol. The topological polar surface area (TPSA) is 38.1 Å². The average Bonchev–Trinajstić information content (AvgIpc) is 2.61. The number of nitrogens with zero attached hydrogens (tertiary/aromatic N) is 1. The first-order valence-corrected chi connectivity index (χ1v) is 7.60. The van der Waals surface area contributed by atoms with Crippen molar-refractivity contribution in [3.05, 3.63) is 17.8 Å². The van der Waals surface area contributed by atoms with Crippen LogP contribution in [0.15, 0.2) is 10.6 Å². The monoisotopic (exact) mass is 264 g/mol. The van der Waals surface area contributed by atoms with Crippen molar-refractivity contribution in [2.75, 3.05) is 0 Å². The lowest BCUT2D eigenvalue weighted by atomic mass is 9.76. The summed E-state index contributed by atoms with van der Waals surface area (Å²) in [6, 6.07) is 0.625. The van der Waals surface area contributed by atoms with Gasteiger partial charge in [0.2, 0.25) is 5.89 Å². The summed E-state index contributed by atoms with van der Waals surface area (Å²) < 4.78 is 5.51. The zero-order chi connectivity index (χ0) is 13.9. The summed E-state index contributed by atoms with van der Waals surface area (Å²) in [5.41, 5.74) is 0.453. The molecule has 1 fully saturated rings. The molecule has 0 saturated heterocycles. The molecule has 3 nitrogen and oxygen atoms in total. The van der Waals surface area contributed by atoms with Crippen LogP contribution in [-0.2, 0) is 6.54 Å². The molecule has 0 spiro atoms. The average molecular weight is 264 g/mol. The molecule has 1 aromatic heterocycles. The van der Waals surface area contributed by atoms with Crippen LogP contribution in [0.3, 0.4) is 0 Å². The lowest BCUT2D eigenvalue weighted by molar-refractivity contribution is 0.213. The van der Waals surface area contributed by atoms with Crippen LogP contribution in [0, 0.1) is 18.3 Å². The third kappa shape index (κ3) is 4.34. The van der Waals surface area contributed by atoms with Gasteiger partial charge in [0, 0.05) is 6.04 Å². The van der Waals surface area contributed by atoms with E-state index in [0.29, 0.717) is 11.5 Å². The minimum atomic E-state index is 0.453. The van der Waals surface area contributed by atoms with Gasteiger partial charge in [0.15, 0.2) is 0 Å². The van der Waals surface area contributed by atoms with Gasteiger partial charge in [0.25, 0.3) is 0 Å². The Morgan fingerprint density at radius 3 is 2.68 bits per heavy atom. The molecule has 0 aliphatic heterocycles. The van der Waals surface area contributed by atoms with E-state index in [1.807, 2.05) is 6.92 Å². The van der Waals surface area contributed by atoms with Crippen LogP contribution >= 0.6 is 0 Å². The third-order valence-electron chi connectivity index (χ3n) is 4.40. The lowest BCUT2D eigenvalue weighted by Crippen LogP contribution is -2.28. The second-order valence-electron chi connectivity index (χ2n) is 7.01. The third-order valence-corrected chi connectivity index (χ3v) is 4.40. The van der Waals surface area contributed by atoms with Crippen LogP contribution in [0.1, 0.15) is 64.5 Å². The Morgan fingerprint density at radius 2 is 2.05 bits per heavy atom. The molecule has 0 bridgehead atoms. The molecule has 2 atom stereocenters. The fourth-order valence-corrected chi connectivity index (χ4v) is 3.09. The highest BCUT2D eigenvalue weighted by molar-refractivity contribution is 4.91. The van der Waals surface area contributed by atoms with Crippen molar-refractivity contribution in [3.8, 4) is 0 Å². The number of aryl methyl sites for hydroxylation is 1. The quantitative estimate of drug-likeness (QED) is 0.836. The van der Waals surface area contributed by atoms with Gasteiger partial charge in [-0.25, -0.2) is 4.98 Å². The van der Waals surface area contributed by atoms with Crippen LogP contribution in [-0.4, -0.2) is 11.0 Å².